The molecule has 1 rings (SSSR count). The summed E-state index contributed by atoms with van der Waals surface area (Å²) in [5, 5.41) is 3.50. The SMILES string of the molecule is CCNCC1(CCCOCC)CCOCC1. The minimum Gasteiger partial charge on any atom is -0.382 e. The number of hydrogen-bond donors (Lipinski definition) is 1. The van der Waals surface area contributed by atoms with Crippen LogP contribution in [0.2, 0.25) is 0 Å². The Labute approximate surface area is 99.9 Å². The van der Waals surface area contributed by atoms with Crippen LogP contribution in [0, 0.1) is 5.41 Å². The van der Waals surface area contributed by atoms with Crippen molar-refractivity contribution in [2.24, 2.45) is 5.41 Å². The van der Waals surface area contributed by atoms with Gasteiger partial charge in [-0.3, -0.25) is 0 Å². The molecule has 0 unspecified atom stereocenters. The Morgan fingerprint density at radius 2 is 2.00 bits per heavy atom. The van der Waals surface area contributed by atoms with E-state index in [1.807, 2.05) is 0 Å². The smallest absolute Gasteiger partial charge is 0.0471 e. The van der Waals surface area contributed by atoms with Crippen LogP contribution in [-0.4, -0.2) is 39.5 Å². The van der Waals surface area contributed by atoms with Crippen molar-refractivity contribution in [2.75, 3.05) is 39.5 Å². The molecular weight excluding hydrogens is 202 g/mol. The number of hydrogen-bond acceptors (Lipinski definition) is 3. The Balaban J connectivity index is 2.30. The predicted octanol–water partition coefficient (Wildman–Crippen LogP) is 2.21. The lowest BCUT2D eigenvalue weighted by Crippen LogP contribution is -2.39. The summed E-state index contributed by atoms with van der Waals surface area (Å²) in [5.41, 5.74) is 0.464. The van der Waals surface area contributed by atoms with E-state index in [1.54, 1.807) is 0 Å². The highest BCUT2D eigenvalue weighted by Gasteiger charge is 2.31. The molecule has 0 atom stereocenters. The lowest BCUT2D eigenvalue weighted by Gasteiger charge is -2.37. The molecule has 0 aromatic carbocycles. The van der Waals surface area contributed by atoms with Crippen molar-refractivity contribution >= 4 is 0 Å². The molecule has 0 saturated carbocycles. The second kappa shape index (κ2) is 8.04. The minimum atomic E-state index is 0.464. The van der Waals surface area contributed by atoms with Crippen LogP contribution in [0.25, 0.3) is 0 Å². The fourth-order valence-electron chi connectivity index (χ4n) is 2.40. The molecule has 0 bridgehead atoms. The number of ether oxygens (including phenoxy) is 2. The van der Waals surface area contributed by atoms with Crippen molar-refractivity contribution < 1.29 is 9.47 Å². The molecule has 1 N–H and O–H groups in total. The average Bonchev–Trinajstić information content (AvgIpc) is 2.34. The van der Waals surface area contributed by atoms with Gasteiger partial charge in [0.25, 0.3) is 0 Å². The fourth-order valence-corrected chi connectivity index (χ4v) is 2.40. The summed E-state index contributed by atoms with van der Waals surface area (Å²) < 4.78 is 10.9. The molecule has 1 aliphatic heterocycles. The van der Waals surface area contributed by atoms with Crippen molar-refractivity contribution in [3.63, 3.8) is 0 Å². The van der Waals surface area contributed by atoms with Crippen molar-refractivity contribution in [3.05, 3.63) is 0 Å². The Kier molecular flexibility index (Phi) is 7.01. The van der Waals surface area contributed by atoms with Crippen molar-refractivity contribution in [1.29, 1.82) is 0 Å². The first-order valence-electron chi connectivity index (χ1n) is 6.69. The first kappa shape index (κ1) is 13.9. The van der Waals surface area contributed by atoms with Gasteiger partial charge in [-0.05, 0) is 44.6 Å². The number of rotatable bonds is 8. The molecule has 3 heteroatoms. The summed E-state index contributed by atoms with van der Waals surface area (Å²) in [7, 11) is 0. The van der Waals surface area contributed by atoms with Crippen LogP contribution in [-0.2, 0) is 9.47 Å². The van der Waals surface area contributed by atoms with Crippen LogP contribution >= 0.6 is 0 Å². The third kappa shape index (κ3) is 4.81. The maximum atomic E-state index is 5.47. The van der Waals surface area contributed by atoms with Gasteiger partial charge in [0.05, 0.1) is 0 Å². The first-order valence-corrected chi connectivity index (χ1v) is 6.69. The number of nitrogens with one attached hydrogen (secondary N) is 1. The Hall–Kier alpha value is -0.120. The first-order chi connectivity index (χ1) is 7.83. The maximum absolute atomic E-state index is 5.47. The molecule has 0 aromatic rings. The molecule has 16 heavy (non-hydrogen) atoms. The minimum absolute atomic E-state index is 0.464. The van der Waals surface area contributed by atoms with Gasteiger partial charge in [-0.25, -0.2) is 0 Å². The highest BCUT2D eigenvalue weighted by atomic mass is 16.5. The monoisotopic (exact) mass is 229 g/mol. The van der Waals surface area contributed by atoms with E-state index in [0.717, 1.165) is 39.5 Å². The molecular formula is C13H27NO2. The van der Waals surface area contributed by atoms with Crippen molar-refractivity contribution in [2.45, 2.75) is 39.5 Å². The van der Waals surface area contributed by atoms with E-state index < -0.39 is 0 Å². The summed E-state index contributed by atoms with van der Waals surface area (Å²) in [6, 6.07) is 0. The molecule has 0 aromatic heterocycles. The molecule has 0 aliphatic carbocycles. The normalized spacial score (nSPS) is 19.9. The zero-order valence-electron chi connectivity index (χ0n) is 10.9. The standard InChI is InChI=1S/C13H27NO2/c1-3-14-12-13(6-5-9-15-4-2)7-10-16-11-8-13/h14H,3-12H2,1-2H3. The predicted molar refractivity (Wildman–Crippen MR) is 66.8 cm³/mol. The molecule has 1 fully saturated rings. The largest absolute Gasteiger partial charge is 0.382 e. The third-order valence-corrected chi connectivity index (χ3v) is 3.50. The second-order valence-electron chi connectivity index (χ2n) is 4.69. The van der Waals surface area contributed by atoms with Crippen LogP contribution < -0.4 is 5.32 Å². The molecule has 1 aliphatic rings. The lowest BCUT2D eigenvalue weighted by molar-refractivity contribution is 0.00537. The van der Waals surface area contributed by atoms with Gasteiger partial charge >= 0.3 is 0 Å². The summed E-state index contributed by atoms with van der Waals surface area (Å²) in [6.07, 6.45) is 4.85. The van der Waals surface area contributed by atoms with Crippen LogP contribution in [0.15, 0.2) is 0 Å². The topological polar surface area (TPSA) is 30.5 Å². The van der Waals surface area contributed by atoms with Crippen LogP contribution in [0.4, 0.5) is 0 Å². The summed E-state index contributed by atoms with van der Waals surface area (Å²) in [5.74, 6) is 0. The maximum Gasteiger partial charge on any atom is 0.0471 e. The molecule has 1 saturated heterocycles. The van der Waals surface area contributed by atoms with Gasteiger partial charge in [0.15, 0.2) is 0 Å². The fraction of sp³-hybridized carbons (Fsp3) is 1.00. The van der Waals surface area contributed by atoms with Gasteiger partial charge in [0.2, 0.25) is 0 Å². The molecule has 0 spiro atoms. The summed E-state index contributed by atoms with van der Waals surface area (Å²) in [4.78, 5) is 0. The van der Waals surface area contributed by atoms with Gasteiger partial charge in [-0.1, -0.05) is 6.92 Å². The van der Waals surface area contributed by atoms with E-state index in [-0.39, 0.29) is 0 Å². The summed E-state index contributed by atoms with van der Waals surface area (Å²) >= 11 is 0. The van der Waals surface area contributed by atoms with E-state index in [9.17, 15) is 0 Å². The van der Waals surface area contributed by atoms with Crippen molar-refractivity contribution in [3.8, 4) is 0 Å². The summed E-state index contributed by atoms with van der Waals surface area (Å²) in [6.45, 7) is 10.0. The lowest BCUT2D eigenvalue weighted by atomic mass is 9.76. The second-order valence-corrected chi connectivity index (χ2v) is 4.69. The Morgan fingerprint density at radius 1 is 1.25 bits per heavy atom. The van der Waals surface area contributed by atoms with Gasteiger partial charge in [0.1, 0.15) is 0 Å². The van der Waals surface area contributed by atoms with Gasteiger partial charge < -0.3 is 14.8 Å². The van der Waals surface area contributed by atoms with E-state index in [0.29, 0.717) is 5.41 Å². The van der Waals surface area contributed by atoms with Gasteiger partial charge in [-0.15, -0.1) is 0 Å². The van der Waals surface area contributed by atoms with E-state index in [2.05, 4.69) is 19.2 Å². The quantitative estimate of drug-likeness (QED) is 0.647. The zero-order chi connectivity index (χ0) is 11.7. The molecule has 0 radical (unpaired) electrons. The Bertz CT molecular complexity index is 167. The third-order valence-electron chi connectivity index (χ3n) is 3.50. The molecule has 0 amide bonds. The Morgan fingerprint density at radius 3 is 2.62 bits per heavy atom. The van der Waals surface area contributed by atoms with Crippen molar-refractivity contribution in [1.82, 2.24) is 5.32 Å². The zero-order valence-corrected chi connectivity index (χ0v) is 10.9. The molecule has 1 heterocycles. The average molecular weight is 229 g/mol. The van der Waals surface area contributed by atoms with Crippen LogP contribution in [0.5, 0.6) is 0 Å². The molecule has 96 valence electrons. The van der Waals surface area contributed by atoms with E-state index in [1.165, 1.54) is 25.7 Å². The van der Waals surface area contributed by atoms with E-state index in [4.69, 9.17) is 9.47 Å². The van der Waals surface area contributed by atoms with Crippen LogP contribution in [0.1, 0.15) is 39.5 Å². The van der Waals surface area contributed by atoms with Gasteiger partial charge in [-0.2, -0.15) is 0 Å². The highest BCUT2D eigenvalue weighted by molar-refractivity contribution is 4.83. The van der Waals surface area contributed by atoms with Crippen LogP contribution in [0.3, 0.4) is 0 Å². The highest BCUT2D eigenvalue weighted by Crippen LogP contribution is 2.34. The molecule has 3 nitrogen and oxygen atoms in total. The van der Waals surface area contributed by atoms with Gasteiger partial charge in [0, 0.05) is 33.0 Å². The van der Waals surface area contributed by atoms with E-state index >= 15 is 0 Å².